The number of anilines is 1. The van der Waals surface area contributed by atoms with Gasteiger partial charge in [0, 0.05) is 12.1 Å². The molecule has 0 heterocycles. The zero-order valence-corrected chi connectivity index (χ0v) is 13.6. The molecule has 0 spiro atoms. The molecule has 2 aromatic rings. The summed E-state index contributed by atoms with van der Waals surface area (Å²) in [5.41, 5.74) is 1.77. The maximum Gasteiger partial charge on any atom is 0.224 e. The lowest BCUT2D eigenvalue weighted by atomic mass is 10.2. The van der Waals surface area contributed by atoms with Gasteiger partial charge in [0.25, 0.3) is 0 Å². The molecule has 0 saturated carbocycles. The minimum absolute atomic E-state index is 0.0674. The third kappa shape index (κ3) is 5.17. The summed E-state index contributed by atoms with van der Waals surface area (Å²) in [7, 11) is -3.50. The van der Waals surface area contributed by atoms with Crippen molar-refractivity contribution in [3.05, 3.63) is 59.9 Å². The molecule has 122 valence electrons. The van der Waals surface area contributed by atoms with Crippen molar-refractivity contribution in [2.45, 2.75) is 24.7 Å². The molecule has 0 atom stereocenters. The van der Waals surface area contributed by atoms with Crippen molar-refractivity contribution in [1.29, 1.82) is 0 Å². The van der Waals surface area contributed by atoms with Gasteiger partial charge in [0.1, 0.15) is 5.82 Å². The molecule has 2 aromatic carbocycles. The van der Waals surface area contributed by atoms with Crippen molar-refractivity contribution in [1.82, 2.24) is 0 Å². The predicted octanol–water partition coefficient (Wildman–Crippen LogP) is 3.33. The fraction of sp³-hybridized carbons (Fsp3) is 0.235. The molecule has 6 heteroatoms. The van der Waals surface area contributed by atoms with Crippen LogP contribution in [0.15, 0.2) is 53.4 Å². The van der Waals surface area contributed by atoms with Crippen LogP contribution in [0.2, 0.25) is 0 Å². The van der Waals surface area contributed by atoms with Gasteiger partial charge in [-0.25, -0.2) is 12.8 Å². The first-order valence-corrected chi connectivity index (χ1v) is 8.87. The molecule has 4 nitrogen and oxygen atoms in total. The van der Waals surface area contributed by atoms with Crippen LogP contribution in [-0.4, -0.2) is 20.1 Å². The highest BCUT2D eigenvalue weighted by Crippen LogP contribution is 2.14. The Hall–Kier alpha value is -2.21. The molecule has 1 N–H and O–H groups in total. The third-order valence-electron chi connectivity index (χ3n) is 3.32. The minimum Gasteiger partial charge on any atom is -0.326 e. The summed E-state index contributed by atoms with van der Waals surface area (Å²) >= 11 is 0. The highest BCUT2D eigenvalue weighted by Gasteiger charge is 2.15. The number of hydrogen-bond donors (Lipinski definition) is 1. The first-order chi connectivity index (χ1) is 10.9. The van der Waals surface area contributed by atoms with Crippen molar-refractivity contribution in [2.24, 2.45) is 0 Å². The summed E-state index contributed by atoms with van der Waals surface area (Å²) in [6.07, 6.45) is 0.311. The minimum atomic E-state index is -3.50. The van der Waals surface area contributed by atoms with Crippen LogP contribution in [0.25, 0.3) is 0 Å². The first kappa shape index (κ1) is 17.1. The van der Waals surface area contributed by atoms with Crippen molar-refractivity contribution in [3.8, 4) is 0 Å². The molecule has 0 aliphatic rings. The van der Waals surface area contributed by atoms with Crippen LogP contribution in [0.4, 0.5) is 10.1 Å². The predicted molar refractivity (Wildman–Crippen MR) is 87.5 cm³/mol. The van der Waals surface area contributed by atoms with Gasteiger partial charge in [0.05, 0.1) is 10.6 Å². The second-order valence-corrected chi connectivity index (χ2v) is 7.40. The van der Waals surface area contributed by atoms with Gasteiger partial charge in [-0.05, 0) is 49.7 Å². The molecule has 1 amide bonds. The van der Waals surface area contributed by atoms with E-state index < -0.39 is 15.7 Å². The lowest BCUT2D eigenvalue weighted by molar-refractivity contribution is -0.116. The zero-order valence-electron chi connectivity index (χ0n) is 12.8. The summed E-state index contributed by atoms with van der Waals surface area (Å²) in [5.74, 6) is -0.871. The number of halogens is 1. The van der Waals surface area contributed by atoms with Crippen LogP contribution in [-0.2, 0) is 14.6 Å². The van der Waals surface area contributed by atoms with E-state index in [9.17, 15) is 17.6 Å². The Bertz CT molecular complexity index is 768. The lowest BCUT2D eigenvalue weighted by Crippen LogP contribution is -2.14. The average molecular weight is 335 g/mol. The van der Waals surface area contributed by atoms with E-state index in [0.717, 1.165) is 17.7 Å². The summed E-state index contributed by atoms with van der Waals surface area (Å²) in [6.45, 7) is 1.95. The van der Waals surface area contributed by atoms with Crippen molar-refractivity contribution >= 4 is 21.4 Å². The number of rotatable bonds is 6. The van der Waals surface area contributed by atoms with Crippen LogP contribution in [0.1, 0.15) is 18.4 Å². The van der Waals surface area contributed by atoms with Gasteiger partial charge in [0.2, 0.25) is 5.91 Å². The molecule has 0 unspecified atom stereocenters. The van der Waals surface area contributed by atoms with E-state index in [0.29, 0.717) is 5.69 Å². The number of aryl methyl sites for hydroxylation is 1. The van der Waals surface area contributed by atoms with Gasteiger partial charge in [-0.1, -0.05) is 17.7 Å². The van der Waals surface area contributed by atoms with Crippen molar-refractivity contribution < 1.29 is 17.6 Å². The van der Waals surface area contributed by atoms with Crippen LogP contribution in [0, 0.1) is 12.7 Å². The highest BCUT2D eigenvalue weighted by atomic mass is 32.2. The maximum atomic E-state index is 12.8. The Kier molecular flexibility index (Phi) is 5.50. The van der Waals surface area contributed by atoms with E-state index in [4.69, 9.17) is 0 Å². The highest BCUT2D eigenvalue weighted by molar-refractivity contribution is 7.91. The van der Waals surface area contributed by atoms with Gasteiger partial charge in [-0.2, -0.15) is 0 Å². The van der Waals surface area contributed by atoms with Gasteiger partial charge >= 0.3 is 0 Å². The van der Waals surface area contributed by atoms with Gasteiger partial charge in [0.15, 0.2) is 9.84 Å². The summed E-state index contributed by atoms with van der Waals surface area (Å²) < 4.78 is 37.0. The van der Waals surface area contributed by atoms with Crippen molar-refractivity contribution in [2.75, 3.05) is 11.1 Å². The van der Waals surface area contributed by atoms with E-state index in [1.54, 1.807) is 12.1 Å². The number of benzene rings is 2. The summed E-state index contributed by atoms with van der Waals surface area (Å²) in [4.78, 5) is 11.9. The number of nitrogens with one attached hydrogen (secondary N) is 1. The molecule has 23 heavy (non-hydrogen) atoms. The topological polar surface area (TPSA) is 63.2 Å². The standard InChI is InChI=1S/C17H18FNO3S/c1-13-4-8-15(9-5-13)19-17(20)3-2-12-23(21,22)16-10-6-14(18)7-11-16/h4-11H,2-3,12H2,1H3,(H,19,20). The molecule has 0 fully saturated rings. The monoisotopic (exact) mass is 335 g/mol. The fourth-order valence-corrected chi connectivity index (χ4v) is 3.35. The van der Waals surface area contributed by atoms with Gasteiger partial charge in [-0.15, -0.1) is 0 Å². The van der Waals surface area contributed by atoms with Crippen molar-refractivity contribution in [3.63, 3.8) is 0 Å². The third-order valence-corrected chi connectivity index (χ3v) is 5.14. The molecule has 2 rings (SSSR count). The summed E-state index contributed by atoms with van der Waals surface area (Å²) in [5, 5.41) is 2.72. The van der Waals surface area contributed by atoms with E-state index >= 15 is 0 Å². The smallest absolute Gasteiger partial charge is 0.224 e. The SMILES string of the molecule is Cc1ccc(NC(=O)CCCS(=O)(=O)c2ccc(F)cc2)cc1. The van der Waals surface area contributed by atoms with E-state index in [2.05, 4.69) is 5.32 Å². The second-order valence-electron chi connectivity index (χ2n) is 5.29. The van der Waals surface area contributed by atoms with E-state index in [1.807, 2.05) is 19.1 Å². The van der Waals surface area contributed by atoms with E-state index in [1.165, 1.54) is 12.1 Å². The van der Waals surface area contributed by atoms with Crippen LogP contribution in [0.3, 0.4) is 0 Å². The zero-order chi connectivity index (χ0) is 16.9. The Morgan fingerprint density at radius 1 is 1.04 bits per heavy atom. The average Bonchev–Trinajstić information content (AvgIpc) is 2.50. The quantitative estimate of drug-likeness (QED) is 0.824. The normalized spacial score (nSPS) is 11.2. The molecule has 0 radical (unpaired) electrons. The number of carbonyl (C=O) groups is 1. The number of carbonyl (C=O) groups excluding carboxylic acids is 1. The molecule has 0 aliphatic carbocycles. The van der Waals surface area contributed by atoms with Crippen LogP contribution in [0.5, 0.6) is 0 Å². The van der Waals surface area contributed by atoms with Crippen LogP contribution < -0.4 is 5.32 Å². The second kappa shape index (κ2) is 7.37. The molecule has 0 bridgehead atoms. The first-order valence-electron chi connectivity index (χ1n) is 7.22. The Balaban J connectivity index is 1.85. The molecule has 0 saturated heterocycles. The largest absolute Gasteiger partial charge is 0.326 e. The van der Waals surface area contributed by atoms with Gasteiger partial charge < -0.3 is 5.32 Å². The molecular weight excluding hydrogens is 317 g/mol. The lowest BCUT2D eigenvalue weighted by Gasteiger charge is -2.06. The Morgan fingerprint density at radius 3 is 2.26 bits per heavy atom. The Morgan fingerprint density at radius 2 is 1.65 bits per heavy atom. The van der Waals surface area contributed by atoms with Gasteiger partial charge in [-0.3, -0.25) is 4.79 Å². The number of amides is 1. The maximum absolute atomic E-state index is 12.8. The van der Waals surface area contributed by atoms with Crippen LogP contribution >= 0.6 is 0 Å². The number of sulfone groups is 1. The van der Waals surface area contributed by atoms with E-state index in [-0.39, 0.29) is 29.4 Å². The molecular formula is C17H18FNO3S. The molecule has 0 aromatic heterocycles. The molecule has 0 aliphatic heterocycles. The Labute approximate surface area is 135 Å². The number of hydrogen-bond acceptors (Lipinski definition) is 3. The summed E-state index contributed by atoms with van der Waals surface area (Å²) in [6, 6.07) is 12.0. The fourth-order valence-electron chi connectivity index (χ4n) is 2.04.